The second kappa shape index (κ2) is 6.53. The first kappa shape index (κ1) is 14.5. The minimum Gasteiger partial charge on any atom is -0.461 e. The van der Waals surface area contributed by atoms with E-state index in [4.69, 9.17) is 8.94 Å². The molecule has 0 unspecified atom stereocenters. The van der Waals surface area contributed by atoms with Gasteiger partial charge in [-0.2, -0.15) is 0 Å². The van der Waals surface area contributed by atoms with E-state index in [0.29, 0.717) is 29.3 Å². The van der Waals surface area contributed by atoms with Gasteiger partial charge in [0.15, 0.2) is 5.76 Å². The first-order valence-corrected chi connectivity index (χ1v) is 7.91. The van der Waals surface area contributed by atoms with Gasteiger partial charge in [-0.25, -0.2) is 0 Å². The average Bonchev–Trinajstić information content (AvgIpc) is 3.23. The van der Waals surface area contributed by atoms with Gasteiger partial charge in [0, 0.05) is 11.0 Å². The number of nitrogens with zero attached hydrogens (tertiary/aromatic N) is 1. The number of nitrogens with one attached hydrogen (secondary N) is 1. The van der Waals surface area contributed by atoms with Crippen LogP contribution in [-0.4, -0.2) is 17.3 Å². The molecular formula is C16H14N2O3S. The third-order valence-corrected chi connectivity index (χ3v) is 3.90. The van der Waals surface area contributed by atoms with Crippen LogP contribution in [0.25, 0.3) is 11.5 Å². The zero-order valence-electron chi connectivity index (χ0n) is 11.9. The Bertz CT molecular complexity index is 765. The van der Waals surface area contributed by atoms with Gasteiger partial charge in [-0.1, -0.05) is 17.3 Å². The van der Waals surface area contributed by atoms with Crippen molar-refractivity contribution in [1.82, 2.24) is 10.5 Å². The minimum atomic E-state index is -0.132. The molecule has 6 heteroatoms. The lowest BCUT2D eigenvalue weighted by Crippen LogP contribution is -2.23. The first-order chi connectivity index (χ1) is 10.8. The molecule has 22 heavy (non-hydrogen) atoms. The maximum absolute atomic E-state index is 12.2. The molecule has 0 aliphatic heterocycles. The molecule has 0 spiro atoms. The van der Waals surface area contributed by atoms with Crippen LogP contribution in [0.1, 0.15) is 16.1 Å². The van der Waals surface area contributed by atoms with Gasteiger partial charge >= 0.3 is 0 Å². The number of hydrogen-bond donors (Lipinski definition) is 1. The van der Waals surface area contributed by atoms with Gasteiger partial charge in [0.1, 0.15) is 5.69 Å². The number of thioether (sulfide) groups is 1. The van der Waals surface area contributed by atoms with Crippen molar-refractivity contribution >= 4 is 17.7 Å². The topological polar surface area (TPSA) is 68.3 Å². The van der Waals surface area contributed by atoms with E-state index in [0.717, 1.165) is 4.90 Å². The Kier molecular flexibility index (Phi) is 4.29. The van der Waals surface area contributed by atoms with E-state index in [1.54, 1.807) is 42.3 Å². The molecule has 1 aromatic carbocycles. The standard InChI is InChI=1S/C16H14N2O3S/c1-22-15-7-3-2-5-12(15)16(19)17-10-11-9-14(21-18-11)13-6-4-8-20-13/h2-9H,10H2,1H3,(H,17,19). The van der Waals surface area contributed by atoms with Crippen LogP contribution < -0.4 is 5.32 Å². The van der Waals surface area contributed by atoms with E-state index < -0.39 is 0 Å². The van der Waals surface area contributed by atoms with Gasteiger partial charge in [-0.05, 0) is 30.5 Å². The largest absolute Gasteiger partial charge is 0.461 e. The fourth-order valence-electron chi connectivity index (χ4n) is 2.03. The molecule has 1 amide bonds. The molecule has 0 saturated carbocycles. The van der Waals surface area contributed by atoms with Crippen molar-refractivity contribution in [2.45, 2.75) is 11.4 Å². The lowest BCUT2D eigenvalue weighted by Gasteiger charge is -2.06. The Morgan fingerprint density at radius 2 is 2.09 bits per heavy atom. The van der Waals surface area contributed by atoms with E-state index in [-0.39, 0.29) is 5.91 Å². The molecule has 0 atom stereocenters. The molecule has 3 aromatic rings. The number of furan rings is 1. The van der Waals surface area contributed by atoms with Crippen molar-refractivity contribution < 1.29 is 13.7 Å². The summed E-state index contributed by atoms with van der Waals surface area (Å²) in [6.45, 7) is 0.297. The van der Waals surface area contributed by atoms with Crippen molar-refractivity contribution in [1.29, 1.82) is 0 Å². The van der Waals surface area contributed by atoms with Crippen LogP contribution >= 0.6 is 11.8 Å². The molecule has 1 N–H and O–H groups in total. The Hall–Kier alpha value is -2.47. The zero-order chi connectivity index (χ0) is 15.4. The van der Waals surface area contributed by atoms with Gasteiger partial charge < -0.3 is 14.3 Å². The van der Waals surface area contributed by atoms with Crippen LogP contribution in [0, 0.1) is 0 Å². The molecule has 2 heterocycles. The third-order valence-electron chi connectivity index (χ3n) is 3.10. The van der Waals surface area contributed by atoms with Crippen molar-refractivity contribution in [3.05, 3.63) is 60.0 Å². The summed E-state index contributed by atoms with van der Waals surface area (Å²) in [5.41, 5.74) is 1.30. The summed E-state index contributed by atoms with van der Waals surface area (Å²) in [6, 6.07) is 12.8. The summed E-state index contributed by atoms with van der Waals surface area (Å²) >= 11 is 1.54. The normalized spacial score (nSPS) is 10.6. The van der Waals surface area contributed by atoms with Gasteiger partial charge in [0.2, 0.25) is 5.76 Å². The van der Waals surface area contributed by atoms with Crippen LogP contribution in [0.15, 0.2) is 62.6 Å². The molecule has 0 fully saturated rings. The monoisotopic (exact) mass is 314 g/mol. The smallest absolute Gasteiger partial charge is 0.252 e. The predicted molar refractivity (Wildman–Crippen MR) is 83.6 cm³/mol. The van der Waals surface area contributed by atoms with E-state index >= 15 is 0 Å². The van der Waals surface area contributed by atoms with Crippen molar-refractivity contribution in [3.8, 4) is 11.5 Å². The molecule has 0 bridgehead atoms. The highest BCUT2D eigenvalue weighted by molar-refractivity contribution is 7.98. The quantitative estimate of drug-likeness (QED) is 0.729. The summed E-state index contributed by atoms with van der Waals surface area (Å²) in [6.07, 6.45) is 3.51. The van der Waals surface area contributed by atoms with Gasteiger partial charge in [0.25, 0.3) is 5.91 Å². The summed E-state index contributed by atoms with van der Waals surface area (Å²) in [5.74, 6) is 1.02. The molecule has 5 nitrogen and oxygen atoms in total. The van der Waals surface area contributed by atoms with E-state index in [1.807, 2.05) is 24.5 Å². The molecular weight excluding hydrogens is 300 g/mol. The number of carbonyl (C=O) groups is 1. The molecule has 3 rings (SSSR count). The fourth-order valence-corrected chi connectivity index (χ4v) is 2.62. The van der Waals surface area contributed by atoms with Crippen molar-refractivity contribution in [2.24, 2.45) is 0 Å². The van der Waals surface area contributed by atoms with E-state index in [2.05, 4.69) is 10.5 Å². The molecule has 0 radical (unpaired) electrons. The SMILES string of the molecule is CSc1ccccc1C(=O)NCc1cc(-c2ccco2)on1. The summed E-state index contributed by atoms with van der Waals surface area (Å²) in [7, 11) is 0. The Morgan fingerprint density at radius 3 is 2.86 bits per heavy atom. The summed E-state index contributed by atoms with van der Waals surface area (Å²) in [4.78, 5) is 13.2. The lowest BCUT2D eigenvalue weighted by molar-refractivity contribution is 0.0947. The predicted octanol–water partition coefficient (Wildman–Crippen LogP) is 3.59. The van der Waals surface area contributed by atoms with Crippen LogP contribution in [0.4, 0.5) is 0 Å². The Morgan fingerprint density at radius 1 is 1.23 bits per heavy atom. The van der Waals surface area contributed by atoms with Crippen molar-refractivity contribution in [2.75, 3.05) is 6.26 Å². The molecule has 0 aliphatic carbocycles. The van der Waals surface area contributed by atoms with Crippen LogP contribution in [0.2, 0.25) is 0 Å². The number of rotatable bonds is 5. The van der Waals surface area contributed by atoms with E-state index in [9.17, 15) is 4.79 Å². The highest BCUT2D eigenvalue weighted by atomic mass is 32.2. The highest BCUT2D eigenvalue weighted by Gasteiger charge is 2.12. The third kappa shape index (κ3) is 3.07. The summed E-state index contributed by atoms with van der Waals surface area (Å²) in [5, 5.41) is 6.77. The average molecular weight is 314 g/mol. The first-order valence-electron chi connectivity index (χ1n) is 6.68. The van der Waals surface area contributed by atoms with Crippen molar-refractivity contribution in [3.63, 3.8) is 0 Å². The molecule has 0 saturated heterocycles. The number of aromatic nitrogens is 1. The number of carbonyl (C=O) groups excluding carboxylic acids is 1. The highest BCUT2D eigenvalue weighted by Crippen LogP contribution is 2.21. The maximum atomic E-state index is 12.2. The van der Waals surface area contributed by atoms with Gasteiger partial charge in [-0.3, -0.25) is 4.79 Å². The van der Waals surface area contributed by atoms with E-state index in [1.165, 1.54) is 0 Å². The van der Waals surface area contributed by atoms with Crippen LogP contribution in [0.3, 0.4) is 0 Å². The maximum Gasteiger partial charge on any atom is 0.252 e. The van der Waals surface area contributed by atoms with Crippen LogP contribution in [-0.2, 0) is 6.54 Å². The molecule has 2 aromatic heterocycles. The number of amides is 1. The van der Waals surface area contributed by atoms with Gasteiger partial charge in [0.05, 0.1) is 18.4 Å². The second-order valence-electron chi connectivity index (χ2n) is 4.54. The Labute approximate surface area is 131 Å². The number of benzene rings is 1. The zero-order valence-corrected chi connectivity index (χ0v) is 12.7. The molecule has 0 aliphatic rings. The molecule has 112 valence electrons. The van der Waals surface area contributed by atoms with Crippen LogP contribution in [0.5, 0.6) is 0 Å². The minimum absolute atomic E-state index is 0.132. The van der Waals surface area contributed by atoms with Gasteiger partial charge in [-0.15, -0.1) is 11.8 Å². The Balaban J connectivity index is 1.66. The lowest BCUT2D eigenvalue weighted by atomic mass is 10.2. The fraction of sp³-hybridized carbons (Fsp3) is 0.125. The number of hydrogen-bond acceptors (Lipinski definition) is 5. The summed E-state index contributed by atoms with van der Waals surface area (Å²) < 4.78 is 10.4. The second-order valence-corrected chi connectivity index (χ2v) is 5.39.